The summed E-state index contributed by atoms with van der Waals surface area (Å²) in [4.78, 5) is 11.8. The summed E-state index contributed by atoms with van der Waals surface area (Å²) in [5, 5.41) is 6.25. The van der Waals surface area contributed by atoms with Crippen LogP contribution >= 0.6 is 12.4 Å². The largest absolute Gasteiger partial charge is 0.493 e. The number of ether oxygens (including phenoxy) is 1. The van der Waals surface area contributed by atoms with Gasteiger partial charge in [0.05, 0.1) is 6.61 Å². The quantitative estimate of drug-likeness (QED) is 0.879. The minimum Gasteiger partial charge on any atom is -0.493 e. The number of benzene rings is 1. The minimum absolute atomic E-state index is 0. The van der Waals surface area contributed by atoms with Crippen LogP contribution in [0.2, 0.25) is 0 Å². The highest BCUT2D eigenvalue weighted by Crippen LogP contribution is 2.16. The Kier molecular flexibility index (Phi) is 7.54. The third-order valence-electron chi connectivity index (χ3n) is 3.42. The number of hydrogen-bond donors (Lipinski definition) is 2. The van der Waals surface area contributed by atoms with E-state index in [-0.39, 0.29) is 24.4 Å². The predicted molar refractivity (Wildman–Crippen MR) is 87.4 cm³/mol. The fourth-order valence-corrected chi connectivity index (χ4v) is 2.33. The van der Waals surface area contributed by atoms with E-state index in [1.54, 1.807) is 0 Å². The van der Waals surface area contributed by atoms with E-state index in [0.29, 0.717) is 11.5 Å². The van der Waals surface area contributed by atoms with Gasteiger partial charge in [-0.3, -0.25) is 4.79 Å². The molecule has 0 saturated carbocycles. The van der Waals surface area contributed by atoms with Crippen LogP contribution in [0.25, 0.3) is 0 Å². The Morgan fingerprint density at radius 3 is 2.67 bits per heavy atom. The van der Waals surface area contributed by atoms with Crippen molar-refractivity contribution in [3.05, 3.63) is 29.8 Å². The lowest BCUT2D eigenvalue weighted by Crippen LogP contribution is -2.33. The Hall–Kier alpha value is -1.26. The summed E-state index contributed by atoms with van der Waals surface area (Å²) in [6.45, 7) is 6.80. The molecule has 2 N–H and O–H groups in total. The van der Waals surface area contributed by atoms with Crippen molar-refractivity contribution in [2.24, 2.45) is 5.92 Å². The van der Waals surface area contributed by atoms with Crippen molar-refractivity contribution in [2.45, 2.75) is 32.7 Å². The zero-order valence-corrected chi connectivity index (χ0v) is 13.5. The molecule has 1 aliphatic heterocycles. The van der Waals surface area contributed by atoms with Crippen LogP contribution in [0, 0.1) is 5.92 Å². The van der Waals surface area contributed by atoms with Gasteiger partial charge >= 0.3 is 0 Å². The van der Waals surface area contributed by atoms with E-state index in [2.05, 4.69) is 10.6 Å². The van der Waals surface area contributed by atoms with Gasteiger partial charge in [-0.05, 0) is 57.5 Å². The van der Waals surface area contributed by atoms with E-state index >= 15 is 0 Å². The third kappa shape index (κ3) is 5.94. The fraction of sp³-hybridized carbons (Fsp3) is 0.562. The van der Waals surface area contributed by atoms with Gasteiger partial charge in [0.15, 0.2) is 0 Å². The van der Waals surface area contributed by atoms with Gasteiger partial charge in [-0.2, -0.15) is 0 Å². The molecule has 4 nitrogen and oxygen atoms in total. The molecule has 1 amide bonds. The van der Waals surface area contributed by atoms with Crippen LogP contribution in [0.1, 0.15) is 37.0 Å². The van der Waals surface area contributed by atoms with Crippen molar-refractivity contribution in [3.8, 4) is 5.75 Å². The van der Waals surface area contributed by atoms with Gasteiger partial charge in [0.25, 0.3) is 5.91 Å². The molecular weight excluding hydrogens is 288 g/mol. The third-order valence-corrected chi connectivity index (χ3v) is 3.42. The van der Waals surface area contributed by atoms with Crippen molar-refractivity contribution in [2.75, 3.05) is 19.7 Å². The number of piperidine rings is 1. The smallest absolute Gasteiger partial charge is 0.251 e. The minimum atomic E-state index is -0.0389. The van der Waals surface area contributed by atoms with Crippen LogP contribution in [0.5, 0.6) is 5.75 Å². The molecule has 1 atom stereocenters. The molecule has 0 aromatic heterocycles. The Labute approximate surface area is 133 Å². The van der Waals surface area contributed by atoms with E-state index in [4.69, 9.17) is 4.74 Å². The monoisotopic (exact) mass is 312 g/mol. The summed E-state index contributed by atoms with van der Waals surface area (Å²) in [5.41, 5.74) is 0.672. The number of carbonyl (C=O) groups is 1. The van der Waals surface area contributed by atoms with Gasteiger partial charge in [-0.1, -0.05) is 0 Å². The van der Waals surface area contributed by atoms with Gasteiger partial charge in [-0.25, -0.2) is 0 Å². The van der Waals surface area contributed by atoms with Crippen molar-refractivity contribution in [3.63, 3.8) is 0 Å². The Balaban J connectivity index is 0.00000220. The van der Waals surface area contributed by atoms with E-state index in [1.165, 1.54) is 12.8 Å². The molecule has 1 aliphatic rings. The zero-order chi connectivity index (χ0) is 14.4. The average Bonchev–Trinajstić information content (AvgIpc) is 2.46. The summed E-state index contributed by atoms with van der Waals surface area (Å²) >= 11 is 0. The second kappa shape index (κ2) is 8.90. The number of halogens is 1. The molecular formula is C16H25ClN2O2. The van der Waals surface area contributed by atoms with Gasteiger partial charge in [0.2, 0.25) is 0 Å². The molecule has 1 saturated heterocycles. The Morgan fingerprint density at radius 2 is 2.10 bits per heavy atom. The topological polar surface area (TPSA) is 50.4 Å². The van der Waals surface area contributed by atoms with E-state index in [9.17, 15) is 4.79 Å². The first-order valence-corrected chi connectivity index (χ1v) is 7.39. The Bertz CT molecular complexity index is 428. The first-order chi connectivity index (χ1) is 9.65. The normalized spacial score (nSPS) is 18.0. The molecule has 5 heteroatoms. The summed E-state index contributed by atoms with van der Waals surface area (Å²) in [6, 6.07) is 7.51. The van der Waals surface area contributed by atoms with Crippen LogP contribution in [0.3, 0.4) is 0 Å². The van der Waals surface area contributed by atoms with Crippen molar-refractivity contribution >= 4 is 18.3 Å². The predicted octanol–water partition coefficient (Wildman–Crippen LogP) is 2.63. The summed E-state index contributed by atoms with van der Waals surface area (Å²) in [6.07, 6.45) is 2.45. The van der Waals surface area contributed by atoms with Gasteiger partial charge in [0, 0.05) is 24.1 Å². The van der Waals surface area contributed by atoms with Gasteiger partial charge < -0.3 is 15.4 Å². The first-order valence-electron chi connectivity index (χ1n) is 7.39. The van der Waals surface area contributed by atoms with Gasteiger partial charge in [0.1, 0.15) is 5.75 Å². The van der Waals surface area contributed by atoms with Crippen molar-refractivity contribution in [1.82, 2.24) is 10.6 Å². The molecule has 1 aromatic rings. The summed E-state index contributed by atoms with van der Waals surface area (Å²) in [7, 11) is 0. The molecule has 0 radical (unpaired) electrons. The molecule has 1 fully saturated rings. The highest BCUT2D eigenvalue weighted by atomic mass is 35.5. The fourth-order valence-electron chi connectivity index (χ4n) is 2.33. The lowest BCUT2D eigenvalue weighted by atomic mass is 10.0. The van der Waals surface area contributed by atoms with E-state index in [1.807, 2.05) is 38.1 Å². The SMILES string of the molecule is CC(C)NC(=O)c1ccc(OCC2CCCNC2)cc1.Cl. The van der Waals surface area contributed by atoms with Crippen LogP contribution in [0.15, 0.2) is 24.3 Å². The maximum absolute atomic E-state index is 11.8. The molecule has 118 valence electrons. The molecule has 1 unspecified atom stereocenters. The Morgan fingerprint density at radius 1 is 1.38 bits per heavy atom. The van der Waals surface area contributed by atoms with Crippen LogP contribution in [-0.2, 0) is 0 Å². The van der Waals surface area contributed by atoms with E-state index < -0.39 is 0 Å². The number of rotatable bonds is 5. The van der Waals surface area contributed by atoms with Crippen molar-refractivity contribution in [1.29, 1.82) is 0 Å². The van der Waals surface area contributed by atoms with Crippen LogP contribution < -0.4 is 15.4 Å². The first kappa shape index (κ1) is 17.8. The molecule has 21 heavy (non-hydrogen) atoms. The second-order valence-electron chi connectivity index (χ2n) is 5.68. The molecule has 0 bridgehead atoms. The standard InChI is InChI=1S/C16H24N2O2.ClH/c1-12(2)18-16(19)14-5-7-15(8-6-14)20-11-13-4-3-9-17-10-13;/h5-8,12-13,17H,3-4,9-11H2,1-2H3,(H,18,19);1H. The van der Waals surface area contributed by atoms with E-state index in [0.717, 1.165) is 25.4 Å². The van der Waals surface area contributed by atoms with Crippen molar-refractivity contribution < 1.29 is 9.53 Å². The molecule has 0 spiro atoms. The molecule has 1 heterocycles. The lowest BCUT2D eigenvalue weighted by molar-refractivity contribution is 0.0943. The molecule has 2 rings (SSSR count). The van der Waals surface area contributed by atoms with Crippen LogP contribution in [0.4, 0.5) is 0 Å². The number of nitrogens with one attached hydrogen (secondary N) is 2. The summed E-state index contributed by atoms with van der Waals surface area (Å²) < 4.78 is 5.79. The highest BCUT2D eigenvalue weighted by molar-refractivity contribution is 5.94. The molecule has 1 aromatic carbocycles. The second-order valence-corrected chi connectivity index (χ2v) is 5.68. The van der Waals surface area contributed by atoms with Gasteiger partial charge in [-0.15, -0.1) is 12.4 Å². The lowest BCUT2D eigenvalue weighted by Gasteiger charge is -2.22. The maximum atomic E-state index is 11.8. The number of amides is 1. The average molecular weight is 313 g/mol. The summed E-state index contributed by atoms with van der Waals surface area (Å²) in [5.74, 6) is 1.38. The maximum Gasteiger partial charge on any atom is 0.251 e. The zero-order valence-electron chi connectivity index (χ0n) is 12.7. The van der Waals surface area contributed by atoms with Crippen LogP contribution in [-0.4, -0.2) is 31.6 Å². The number of carbonyl (C=O) groups excluding carboxylic acids is 1. The number of hydrogen-bond acceptors (Lipinski definition) is 3. The highest BCUT2D eigenvalue weighted by Gasteiger charge is 2.13. The molecule has 0 aliphatic carbocycles.